The van der Waals surface area contributed by atoms with Crippen LogP contribution in [0.5, 0.6) is 0 Å². The third-order valence-electron chi connectivity index (χ3n) is 6.16. The van der Waals surface area contributed by atoms with Crippen LogP contribution >= 0.6 is 11.3 Å². The quantitative estimate of drug-likeness (QED) is 0.344. The second-order valence-corrected chi connectivity index (χ2v) is 10.00. The molecule has 3 heterocycles. The Labute approximate surface area is 210 Å². The summed E-state index contributed by atoms with van der Waals surface area (Å²) < 4.78 is 0. The first kappa shape index (κ1) is 24.5. The predicted octanol–water partition coefficient (Wildman–Crippen LogP) is 4.82. The first-order valence-corrected chi connectivity index (χ1v) is 12.4. The fraction of sp³-hybridized carbons (Fsp3) is 0.296. The monoisotopic (exact) mass is 486 g/mol. The maximum absolute atomic E-state index is 12.6. The zero-order valence-electron chi connectivity index (χ0n) is 20.5. The average Bonchev–Trinajstić information content (AvgIpc) is 3.05. The lowest BCUT2D eigenvalue weighted by Crippen LogP contribution is -2.45. The Bertz CT molecular complexity index is 1290. The van der Waals surface area contributed by atoms with E-state index in [1.807, 2.05) is 31.2 Å². The van der Waals surface area contributed by atoms with E-state index in [-0.39, 0.29) is 24.1 Å². The lowest BCUT2D eigenvalue weighted by atomic mass is 9.99. The van der Waals surface area contributed by atoms with E-state index in [9.17, 15) is 4.79 Å². The van der Waals surface area contributed by atoms with E-state index in [2.05, 4.69) is 36.3 Å². The third kappa shape index (κ3) is 5.22. The number of aryl methyl sites for hydroxylation is 3. The number of carbonyl (C=O) groups excluding carboxylic acids is 1. The molecule has 1 aromatic carbocycles. The Morgan fingerprint density at radius 1 is 1.17 bits per heavy atom. The van der Waals surface area contributed by atoms with Gasteiger partial charge in [-0.2, -0.15) is 0 Å². The summed E-state index contributed by atoms with van der Waals surface area (Å²) in [5.41, 5.74) is 5.98. The van der Waals surface area contributed by atoms with Gasteiger partial charge < -0.3 is 5.32 Å². The molecule has 0 bridgehead atoms. The molecule has 0 fully saturated rings. The van der Waals surface area contributed by atoms with Gasteiger partial charge in [0.25, 0.3) is 0 Å². The summed E-state index contributed by atoms with van der Waals surface area (Å²) in [6.45, 7) is 8.04. The van der Waals surface area contributed by atoms with Gasteiger partial charge in [0, 0.05) is 41.4 Å². The van der Waals surface area contributed by atoms with Crippen LogP contribution in [0.3, 0.4) is 0 Å². The highest BCUT2D eigenvalue weighted by molar-refractivity contribution is 7.17. The number of aliphatic imine (C=N–C) groups is 1. The number of hydrogen-bond acceptors (Lipinski definition) is 6. The molecule has 8 heteroatoms. The predicted molar refractivity (Wildman–Crippen MR) is 144 cm³/mol. The third-order valence-corrected chi connectivity index (χ3v) is 7.36. The van der Waals surface area contributed by atoms with Crippen LogP contribution in [0.25, 0.3) is 0 Å². The largest absolute Gasteiger partial charge is 0.353 e. The SMILES string of the molecule is CC(=N)N1C(=N)C(CNC(=O)CCc2cccnc2)N=C(c2ccc(C)cc2)c2c1sc(C)c2C. The fourth-order valence-electron chi connectivity index (χ4n) is 4.09. The number of thiophene rings is 1. The van der Waals surface area contributed by atoms with Crippen molar-refractivity contribution in [1.82, 2.24) is 10.3 Å². The number of anilines is 1. The van der Waals surface area contributed by atoms with Crippen molar-refractivity contribution < 1.29 is 4.79 Å². The molecule has 180 valence electrons. The molecule has 1 amide bonds. The number of fused-ring (bicyclic) bond motifs is 1. The number of amides is 1. The average molecular weight is 487 g/mol. The zero-order valence-corrected chi connectivity index (χ0v) is 21.3. The summed E-state index contributed by atoms with van der Waals surface area (Å²) in [5.74, 6) is 0.346. The molecule has 0 saturated carbocycles. The van der Waals surface area contributed by atoms with Crippen LogP contribution in [0.4, 0.5) is 5.00 Å². The lowest BCUT2D eigenvalue weighted by Gasteiger charge is -2.25. The first-order valence-electron chi connectivity index (χ1n) is 11.6. The van der Waals surface area contributed by atoms with Gasteiger partial charge in [0.05, 0.1) is 5.71 Å². The molecule has 1 unspecified atom stereocenters. The molecule has 1 aliphatic rings. The summed E-state index contributed by atoms with van der Waals surface area (Å²) in [4.78, 5) is 24.5. The smallest absolute Gasteiger partial charge is 0.220 e. The number of aromatic nitrogens is 1. The van der Waals surface area contributed by atoms with Crippen molar-refractivity contribution in [2.45, 2.75) is 46.6 Å². The molecule has 7 nitrogen and oxygen atoms in total. The highest BCUT2D eigenvalue weighted by Crippen LogP contribution is 2.39. The molecule has 1 atom stereocenters. The maximum Gasteiger partial charge on any atom is 0.220 e. The molecule has 0 saturated heterocycles. The van der Waals surface area contributed by atoms with Crippen molar-refractivity contribution in [3.63, 3.8) is 0 Å². The van der Waals surface area contributed by atoms with E-state index in [1.165, 1.54) is 0 Å². The molecule has 2 aromatic heterocycles. The van der Waals surface area contributed by atoms with E-state index in [0.717, 1.165) is 43.4 Å². The van der Waals surface area contributed by atoms with Gasteiger partial charge in [-0.1, -0.05) is 35.9 Å². The van der Waals surface area contributed by atoms with Gasteiger partial charge in [-0.05, 0) is 51.3 Å². The number of nitrogens with one attached hydrogen (secondary N) is 3. The summed E-state index contributed by atoms with van der Waals surface area (Å²) >= 11 is 1.57. The van der Waals surface area contributed by atoms with Crippen molar-refractivity contribution in [2.24, 2.45) is 4.99 Å². The van der Waals surface area contributed by atoms with Crippen molar-refractivity contribution in [3.8, 4) is 0 Å². The van der Waals surface area contributed by atoms with Gasteiger partial charge in [-0.3, -0.25) is 30.5 Å². The van der Waals surface area contributed by atoms with Gasteiger partial charge >= 0.3 is 0 Å². The molecule has 0 spiro atoms. The Balaban J connectivity index is 1.66. The van der Waals surface area contributed by atoms with Crippen LogP contribution in [0.2, 0.25) is 0 Å². The van der Waals surface area contributed by atoms with Crippen LogP contribution in [0.1, 0.15) is 46.0 Å². The number of nitrogens with zero attached hydrogens (tertiary/aromatic N) is 3. The van der Waals surface area contributed by atoms with E-state index in [1.54, 1.807) is 35.6 Å². The molecule has 0 radical (unpaired) electrons. The van der Waals surface area contributed by atoms with Gasteiger partial charge in [0.1, 0.15) is 22.7 Å². The van der Waals surface area contributed by atoms with Gasteiger partial charge in [-0.25, -0.2) is 0 Å². The normalized spacial score (nSPS) is 15.3. The summed E-state index contributed by atoms with van der Waals surface area (Å²) in [6, 6.07) is 11.4. The highest BCUT2D eigenvalue weighted by atomic mass is 32.1. The van der Waals surface area contributed by atoms with Crippen molar-refractivity contribution in [2.75, 3.05) is 11.4 Å². The zero-order chi connectivity index (χ0) is 25.1. The standard InChI is InChI=1S/C27H30N6OS/c1-16-7-10-21(11-8-16)25-24-17(2)18(3)35-27(24)33(19(4)28)26(29)22(32-25)15-31-23(34)12-9-20-6-5-13-30-14-20/h5-8,10-11,13-14,22,28-29H,9,12,15H2,1-4H3,(H,31,34). The molecule has 4 rings (SSSR count). The van der Waals surface area contributed by atoms with Gasteiger partial charge in [0.2, 0.25) is 5.91 Å². The second kappa shape index (κ2) is 10.3. The topological polar surface area (TPSA) is 105 Å². The van der Waals surface area contributed by atoms with Crippen molar-refractivity contribution >= 4 is 39.6 Å². The Morgan fingerprint density at radius 3 is 2.57 bits per heavy atom. The fourth-order valence-corrected chi connectivity index (χ4v) is 5.32. The van der Waals surface area contributed by atoms with E-state index in [0.29, 0.717) is 12.8 Å². The minimum atomic E-state index is -0.617. The van der Waals surface area contributed by atoms with Crippen LogP contribution in [-0.2, 0) is 11.2 Å². The van der Waals surface area contributed by atoms with Crippen LogP contribution < -0.4 is 10.2 Å². The van der Waals surface area contributed by atoms with Crippen molar-refractivity contribution in [1.29, 1.82) is 10.8 Å². The van der Waals surface area contributed by atoms with E-state index >= 15 is 0 Å². The molecule has 3 N–H and O–H groups in total. The number of benzene rings is 1. The second-order valence-electron chi connectivity index (χ2n) is 8.79. The Kier molecular flexibility index (Phi) is 7.21. The molecule has 0 aliphatic carbocycles. The first-order chi connectivity index (χ1) is 16.8. The number of amidine groups is 2. The molecule has 1 aliphatic heterocycles. The molecular weight excluding hydrogens is 456 g/mol. The van der Waals surface area contributed by atoms with Crippen LogP contribution in [0, 0.1) is 31.6 Å². The highest BCUT2D eigenvalue weighted by Gasteiger charge is 2.33. The summed E-state index contributed by atoms with van der Waals surface area (Å²) in [7, 11) is 0. The summed E-state index contributed by atoms with van der Waals surface area (Å²) in [5, 5.41) is 21.2. The van der Waals surface area contributed by atoms with Gasteiger partial charge in [0.15, 0.2) is 0 Å². The molecule has 35 heavy (non-hydrogen) atoms. The maximum atomic E-state index is 12.6. The number of pyridine rings is 1. The minimum absolute atomic E-state index is 0.0992. The Morgan fingerprint density at radius 2 is 1.91 bits per heavy atom. The van der Waals surface area contributed by atoms with E-state index in [4.69, 9.17) is 15.8 Å². The van der Waals surface area contributed by atoms with E-state index < -0.39 is 6.04 Å². The minimum Gasteiger partial charge on any atom is -0.353 e. The van der Waals surface area contributed by atoms with Crippen molar-refractivity contribution in [3.05, 3.63) is 81.5 Å². The summed E-state index contributed by atoms with van der Waals surface area (Å²) in [6.07, 6.45) is 4.41. The number of hydrogen-bond donors (Lipinski definition) is 3. The molecular formula is C27H30N6OS. The van der Waals surface area contributed by atoms with Crippen LogP contribution in [0.15, 0.2) is 53.8 Å². The molecule has 3 aromatic rings. The number of carbonyl (C=O) groups is 1. The Hall–Kier alpha value is -3.65. The van der Waals surface area contributed by atoms with Gasteiger partial charge in [-0.15, -0.1) is 11.3 Å². The van der Waals surface area contributed by atoms with Crippen LogP contribution in [-0.4, -0.2) is 40.9 Å². The lowest BCUT2D eigenvalue weighted by molar-refractivity contribution is -0.121. The number of rotatable bonds is 6.